The first-order valence-electron chi connectivity index (χ1n) is 6.85. The van der Waals surface area contributed by atoms with Crippen molar-refractivity contribution in [2.75, 3.05) is 19.8 Å². The zero-order valence-electron chi connectivity index (χ0n) is 11.7. The molecule has 1 amide bonds. The third kappa shape index (κ3) is 4.27. The molecular formula is C14H19N3O4. The standard InChI is InChI=1S/C14H19N3O4/c15-13(17-19)3-1-2-6-16-14(18)10-4-5-11-12(9-10)21-8-7-20-11/h4-5,9,19H,1-3,6-8H2,(H2,15,17)(H,16,18). The molecule has 0 radical (unpaired) electrons. The maximum Gasteiger partial charge on any atom is 0.251 e. The summed E-state index contributed by atoms with van der Waals surface area (Å²) in [4.78, 5) is 12.0. The Hall–Kier alpha value is -2.44. The van der Waals surface area contributed by atoms with E-state index < -0.39 is 0 Å². The van der Waals surface area contributed by atoms with E-state index in [2.05, 4.69) is 10.5 Å². The maximum absolute atomic E-state index is 12.0. The van der Waals surface area contributed by atoms with Crippen molar-refractivity contribution >= 4 is 11.7 Å². The van der Waals surface area contributed by atoms with E-state index in [4.69, 9.17) is 20.4 Å². The molecule has 2 rings (SSSR count). The van der Waals surface area contributed by atoms with Gasteiger partial charge >= 0.3 is 0 Å². The lowest BCUT2D eigenvalue weighted by molar-refractivity contribution is 0.0952. The van der Waals surface area contributed by atoms with E-state index in [1.165, 1.54) is 0 Å². The molecule has 1 heterocycles. The predicted octanol–water partition coefficient (Wildman–Crippen LogP) is 1.10. The normalized spacial score (nSPS) is 13.8. The monoisotopic (exact) mass is 293 g/mol. The van der Waals surface area contributed by atoms with Gasteiger partial charge in [0.1, 0.15) is 19.0 Å². The fraction of sp³-hybridized carbons (Fsp3) is 0.429. The molecule has 0 unspecified atom stereocenters. The van der Waals surface area contributed by atoms with Gasteiger partial charge in [0.2, 0.25) is 0 Å². The molecule has 114 valence electrons. The lowest BCUT2D eigenvalue weighted by Gasteiger charge is -2.18. The summed E-state index contributed by atoms with van der Waals surface area (Å²) in [5.41, 5.74) is 5.90. The van der Waals surface area contributed by atoms with Gasteiger partial charge in [0.25, 0.3) is 5.91 Å². The van der Waals surface area contributed by atoms with Crippen molar-refractivity contribution in [3.8, 4) is 11.5 Å². The second kappa shape index (κ2) is 7.37. The number of benzene rings is 1. The van der Waals surface area contributed by atoms with Crippen LogP contribution in [0.2, 0.25) is 0 Å². The average Bonchev–Trinajstić information content (AvgIpc) is 2.53. The van der Waals surface area contributed by atoms with Gasteiger partial charge in [-0.15, -0.1) is 0 Å². The van der Waals surface area contributed by atoms with Crippen molar-refractivity contribution < 1.29 is 19.5 Å². The molecule has 0 saturated carbocycles. The molecule has 1 aliphatic rings. The minimum absolute atomic E-state index is 0.157. The summed E-state index contributed by atoms with van der Waals surface area (Å²) in [7, 11) is 0. The molecule has 4 N–H and O–H groups in total. The van der Waals surface area contributed by atoms with Crippen LogP contribution >= 0.6 is 0 Å². The zero-order valence-corrected chi connectivity index (χ0v) is 11.7. The van der Waals surface area contributed by atoms with Gasteiger partial charge in [0, 0.05) is 18.5 Å². The molecule has 0 saturated heterocycles. The number of carbonyl (C=O) groups excluding carboxylic acids is 1. The van der Waals surface area contributed by atoms with Crippen LogP contribution in [-0.2, 0) is 0 Å². The Labute approximate surface area is 122 Å². The summed E-state index contributed by atoms with van der Waals surface area (Å²) in [6, 6.07) is 5.13. The molecule has 0 fully saturated rings. The van der Waals surface area contributed by atoms with E-state index in [9.17, 15) is 4.79 Å². The Kier molecular flexibility index (Phi) is 5.25. The summed E-state index contributed by atoms with van der Waals surface area (Å²) >= 11 is 0. The zero-order chi connectivity index (χ0) is 15.1. The Balaban J connectivity index is 1.78. The van der Waals surface area contributed by atoms with Crippen LogP contribution in [0.25, 0.3) is 0 Å². The molecule has 7 heteroatoms. The van der Waals surface area contributed by atoms with Crippen molar-refractivity contribution in [1.29, 1.82) is 0 Å². The van der Waals surface area contributed by atoms with E-state index >= 15 is 0 Å². The lowest BCUT2D eigenvalue weighted by Crippen LogP contribution is -2.25. The summed E-state index contributed by atoms with van der Waals surface area (Å²) < 4.78 is 10.8. The first-order chi connectivity index (χ1) is 10.2. The van der Waals surface area contributed by atoms with Crippen molar-refractivity contribution in [3.63, 3.8) is 0 Å². The quantitative estimate of drug-likeness (QED) is 0.239. The molecule has 0 aliphatic carbocycles. The van der Waals surface area contributed by atoms with E-state index in [1.807, 2.05) is 0 Å². The van der Waals surface area contributed by atoms with E-state index in [-0.39, 0.29) is 11.7 Å². The molecular weight excluding hydrogens is 274 g/mol. The number of unbranched alkanes of at least 4 members (excludes halogenated alkanes) is 1. The summed E-state index contributed by atoms with van der Waals surface area (Å²) in [5.74, 6) is 1.31. The molecule has 21 heavy (non-hydrogen) atoms. The van der Waals surface area contributed by atoms with Gasteiger partial charge in [-0.2, -0.15) is 0 Å². The van der Waals surface area contributed by atoms with Gasteiger partial charge in [-0.3, -0.25) is 4.79 Å². The highest BCUT2D eigenvalue weighted by atomic mass is 16.6. The van der Waals surface area contributed by atoms with Crippen molar-refractivity contribution in [2.45, 2.75) is 19.3 Å². The molecule has 0 atom stereocenters. The van der Waals surface area contributed by atoms with Gasteiger partial charge in [0.15, 0.2) is 11.5 Å². The molecule has 0 bridgehead atoms. The summed E-state index contributed by atoms with van der Waals surface area (Å²) in [6.45, 7) is 1.55. The van der Waals surface area contributed by atoms with Crippen LogP contribution in [0.5, 0.6) is 11.5 Å². The second-order valence-corrected chi connectivity index (χ2v) is 4.66. The highest BCUT2D eigenvalue weighted by Gasteiger charge is 2.14. The lowest BCUT2D eigenvalue weighted by atomic mass is 10.1. The molecule has 7 nitrogen and oxygen atoms in total. The van der Waals surface area contributed by atoms with Gasteiger partial charge in [0.05, 0.1) is 0 Å². The van der Waals surface area contributed by atoms with Gasteiger partial charge < -0.3 is 25.7 Å². The predicted molar refractivity (Wildman–Crippen MR) is 77.0 cm³/mol. The highest BCUT2D eigenvalue weighted by molar-refractivity contribution is 5.94. The van der Waals surface area contributed by atoms with Gasteiger partial charge in [-0.1, -0.05) is 5.16 Å². The third-order valence-electron chi connectivity index (χ3n) is 3.08. The number of amidine groups is 1. The van der Waals surface area contributed by atoms with Crippen LogP contribution in [-0.4, -0.2) is 36.7 Å². The van der Waals surface area contributed by atoms with E-state index in [0.29, 0.717) is 43.2 Å². The number of ether oxygens (including phenoxy) is 2. The minimum atomic E-state index is -0.157. The molecule has 0 aromatic heterocycles. The van der Waals surface area contributed by atoms with Crippen molar-refractivity contribution in [3.05, 3.63) is 23.8 Å². The first-order valence-corrected chi connectivity index (χ1v) is 6.85. The number of hydrogen-bond donors (Lipinski definition) is 3. The fourth-order valence-corrected chi connectivity index (χ4v) is 1.97. The van der Waals surface area contributed by atoms with Crippen LogP contribution in [0, 0.1) is 0 Å². The topological polar surface area (TPSA) is 106 Å². The number of fused-ring (bicyclic) bond motifs is 1. The number of hydrogen-bond acceptors (Lipinski definition) is 5. The number of nitrogens with zero attached hydrogens (tertiary/aromatic N) is 1. The molecule has 0 spiro atoms. The fourth-order valence-electron chi connectivity index (χ4n) is 1.97. The van der Waals surface area contributed by atoms with Gasteiger partial charge in [-0.25, -0.2) is 0 Å². The van der Waals surface area contributed by atoms with Crippen LogP contribution in [0.3, 0.4) is 0 Å². The summed E-state index contributed by atoms with van der Waals surface area (Å²) in [6.07, 6.45) is 2.01. The van der Waals surface area contributed by atoms with Gasteiger partial charge in [-0.05, 0) is 31.0 Å². The third-order valence-corrected chi connectivity index (χ3v) is 3.08. The summed E-state index contributed by atoms with van der Waals surface area (Å²) in [5, 5.41) is 14.1. The number of oxime groups is 1. The van der Waals surface area contributed by atoms with E-state index in [1.54, 1.807) is 18.2 Å². The maximum atomic E-state index is 12.0. The van der Waals surface area contributed by atoms with Crippen LogP contribution in [0.4, 0.5) is 0 Å². The smallest absolute Gasteiger partial charge is 0.251 e. The largest absolute Gasteiger partial charge is 0.486 e. The Morgan fingerprint density at radius 3 is 2.81 bits per heavy atom. The molecule has 1 aromatic rings. The second-order valence-electron chi connectivity index (χ2n) is 4.66. The van der Waals surface area contributed by atoms with Crippen LogP contribution in [0.1, 0.15) is 29.6 Å². The number of nitrogens with one attached hydrogen (secondary N) is 1. The Morgan fingerprint density at radius 2 is 2.05 bits per heavy atom. The number of nitrogens with two attached hydrogens (primary N) is 1. The van der Waals surface area contributed by atoms with E-state index in [0.717, 1.165) is 12.8 Å². The number of amides is 1. The van der Waals surface area contributed by atoms with Crippen LogP contribution in [0.15, 0.2) is 23.4 Å². The Morgan fingerprint density at radius 1 is 1.29 bits per heavy atom. The molecule has 1 aliphatic heterocycles. The highest BCUT2D eigenvalue weighted by Crippen LogP contribution is 2.30. The minimum Gasteiger partial charge on any atom is -0.486 e. The van der Waals surface area contributed by atoms with Crippen molar-refractivity contribution in [1.82, 2.24) is 5.32 Å². The molecule has 1 aromatic carbocycles. The Bertz CT molecular complexity index is 531. The van der Waals surface area contributed by atoms with Crippen molar-refractivity contribution in [2.24, 2.45) is 10.9 Å². The number of carbonyl (C=O) groups is 1. The number of rotatable bonds is 6. The first kappa shape index (κ1) is 15.0. The SMILES string of the molecule is NC(CCCCNC(=O)c1ccc2c(c1)OCCO2)=NO. The van der Waals surface area contributed by atoms with Crippen LogP contribution < -0.4 is 20.5 Å². The average molecular weight is 293 g/mol.